The van der Waals surface area contributed by atoms with Crippen molar-refractivity contribution >= 4 is 29.8 Å². The Balaban J connectivity index is 0.00000180. The maximum absolute atomic E-state index is 11.6. The number of nitrogens with two attached hydrogens (primary N) is 1. The molecule has 19 heavy (non-hydrogen) atoms. The molecule has 0 atom stereocenters. The van der Waals surface area contributed by atoms with Crippen molar-refractivity contribution in [2.24, 2.45) is 0 Å². The summed E-state index contributed by atoms with van der Waals surface area (Å²) in [6.07, 6.45) is 2.19. The van der Waals surface area contributed by atoms with Crippen LogP contribution in [0.1, 0.15) is 18.1 Å². The topological polar surface area (TPSA) is 107 Å². The van der Waals surface area contributed by atoms with E-state index in [0.717, 1.165) is 0 Å². The van der Waals surface area contributed by atoms with Crippen molar-refractivity contribution in [2.75, 3.05) is 11.1 Å². The zero-order chi connectivity index (χ0) is 13.0. The minimum atomic E-state index is -0.141. The molecule has 0 unspecified atom stereocenters. The van der Waals surface area contributed by atoms with Gasteiger partial charge in [-0.2, -0.15) is 4.98 Å². The average Bonchev–Trinajstić information content (AvgIpc) is 2.76. The van der Waals surface area contributed by atoms with E-state index < -0.39 is 0 Å². The number of nitrogen functional groups attached to an aromatic ring is 1. The molecular weight excluding hydrogens is 270 g/mol. The van der Waals surface area contributed by atoms with Gasteiger partial charge in [0.2, 0.25) is 11.8 Å². The Morgan fingerprint density at radius 2 is 2.26 bits per heavy atom. The zero-order valence-electron chi connectivity index (χ0n) is 10.3. The first-order valence-corrected chi connectivity index (χ1v) is 5.44. The van der Waals surface area contributed by atoms with E-state index >= 15 is 0 Å². The lowest BCUT2D eigenvalue weighted by molar-refractivity contribution is -0.116. The van der Waals surface area contributed by atoms with Crippen LogP contribution in [-0.4, -0.2) is 21.0 Å². The smallest absolute Gasteiger partial charge is 0.227 e. The number of carbonyl (C=O) groups is 1. The monoisotopic (exact) mass is 283 g/mol. The van der Waals surface area contributed by atoms with Crippen LogP contribution in [0.2, 0.25) is 0 Å². The fraction of sp³-hybridized carbons (Fsp3) is 0.273. The maximum Gasteiger partial charge on any atom is 0.227 e. The Morgan fingerprint density at radius 3 is 2.84 bits per heavy atom. The summed E-state index contributed by atoms with van der Waals surface area (Å²) in [5.41, 5.74) is 6.05. The number of hydrogen-bond donors (Lipinski definition) is 2. The van der Waals surface area contributed by atoms with Crippen LogP contribution in [0, 0.1) is 6.92 Å². The van der Waals surface area contributed by atoms with Crippen LogP contribution in [0.15, 0.2) is 22.9 Å². The largest absolute Gasteiger partial charge is 0.384 e. The van der Waals surface area contributed by atoms with Crippen molar-refractivity contribution in [1.29, 1.82) is 0 Å². The SMILES string of the molecule is Cc1noc(CCC(=O)Nc2ccc(N)nc2)n1.Cl. The van der Waals surface area contributed by atoms with Crippen LogP contribution in [0.5, 0.6) is 0 Å². The molecule has 0 aliphatic carbocycles. The van der Waals surface area contributed by atoms with Crippen LogP contribution in [0.3, 0.4) is 0 Å². The lowest BCUT2D eigenvalue weighted by atomic mass is 10.3. The van der Waals surface area contributed by atoms with Gasteiger partial charge >= 0.3 is 0 Å². The summed E-state index contributed by atoms with van der Waals surface area (Å²) in [5.74, 6) is 1.29. The second-order valence-electron chi connectivity index (χ2n) is 3.76. The summed E-state index contributed by atoms with van der Waals surface area (Å²) < 4.78 is 4.91. The van der Waals surface area contributed by atoms with Crippen molar-refractivity contribution in [3.63, 3.8) is 0 Å². The average molecular weight is 284 g/mol. The van der Waals surface area contributed by atoms with Crippen LogP contribution in [-0.2, 0) is 11.2 Å². The number of nitrogens with zero attached hydrogens (tertiary/aromatic N) is 3. The Hall–Kier alpha value is -2.15. The Bertz CT molecular complexity index is 540. The molecule has 0 aliphatic heterocycles. The van der Waals surface area contributed by atoms with Crippen molar-refractivity contribution in [1.82, 2.24) is 15.1 Å². The summed E-state index contributed by atoms with van der Waals surface area (Å²) in [4.78, 5) is 19.5. The van der Waals surface area contributed by atoms with E-state index in [1.165, 1.54) is 6.20 Å². The zero-order valence-corrected chi connectivity index (χ0v) is 11.1. The van der Waals surface area contributed by atoms with Crippen LogP contribution < -0.4 is 11.1 Å². The lowest BCUT2D eigenvalue weighted by Crippen LogP contribution is -2.12. The van der Waals surface area contributed by atoms with Gasteiger partial charge in [-0.15, -0.1) is 12.4 Å². The number of anilines is 2. The van der Waals surface area contributed by atoms with Gasteiger partial charge < -0.3 is 15.6 Å². The number of rotatable bonds is 4. The normalized spacial score (nSPS) is 9.74. The molecular formula is C11H14ClN5O2. The van der Waals surface area contributed by atoms with Gasteiger partial charge in [0.1, 0.15) is 5.82 Å². The third-order valence-electron chi connectivity index (χ3n) is 2.21. The maximum atomic E-state index is 11.6. The first-order valence-electron chi connectivity index (χ1n) is 5.44. The summed E-state index contributed by atoms with van der Waals surface area (Å²) in [6, 6.07) is 3.31. The second kappa shape index (κ2) is 6.69. The molecule has 2 rings (SSSR count). The molecule has 0 saturated heterocycles. The van der Waals surface area contributed by atoms with E-state index in [9.17, 15) is 4.79 Å². The molecule has 0 aromatic carbocycles. The molecule has 8 heteroatoms. The summed E-state index contributed by atoms with van der Waals surface area (Å²) in [7, 11) is 0. The van der Waals surface area contributed by atoms with Gasteiger partial charge in [-0.05, 0) is 19.1 Å². The molecule has 7 nitrogen and oxygen atoms in total. The van der Waals surface area contributed by atoms with Crippen molar-refractivity contribution in [3.05, 3.63) is 30.0 Å². The van der Waals surface area contributed by atoms with E-state index in [1.807, 2.05) is 0 Å². The van der Waals surface area contributed by atoms with Gasteiger partial charge in [-0.3, -0.25) is 4.79 Å². The van der Waals surface area contributed by atoms with E-state index in [0.29, 0.717) is 29.6 Å². The first-order chi connectivity index (χ1) is 8.63. The van der Waals surface area contributed by atoms with E-state index in [-0.39, 0.29) is 24.7 Å². The van der Waals surface area contributed by atoms with Crippen molar-refractivity contribution in [2.45, 2.75) is 19.8 Å². The fourth-order valence-electron chi connectivity index (χ4n) is 1.36. The molecule has 2 aromatic rings. The molecule has 2 aromatic heterocycles. The second-order valence-corrected chi connectivity index (χ2v) is 3.76. The van der Waals surface area contributed by atoms with Crippen LogP contribution in [0.4, 0.5) is 11.5 Å². The number of aromatic nitrogens is 3. The number of halogens is 1. The molecule has 0 spiro atoms. The van der Waals surface area contributed by atoms with E-state index in [4.69, 9.17) is 10.3 Å². The lowest BCUT2D eigenvalue weighted by Gasteiger charge is -2.03. The number of hydrogen-bond acceptors (Lipinski definition) is 6. The third-order valence-corrected chi connectivity index (χ3v) is 2.21. The number of carbonyl (C=O) groups excluding carboxylic acids is 1. The quantitative estimate of drug-likeness (QED) is 0.877. The highest BCUT2D eigenvalue weighted by molar-refractivity contribution is 5.90. The molecule has 0 bridgehead atoms. The molecule has 0 saturated carbocycles. The predicted molar refractivity (Wildman–Crippen MR) is 71.9 cm³/mol. The van der Waals surface area contributed by atoms with E-state index in [2.05, 4.69) is 20.4 Å². The highest BCUT2D eigenvalue weighted by Crippen LogP contribution is 2.08. The molecule has 2 heterocycles. The number of pyridine rings is 1. The van der Waals surface area contributed by atoms with Gasteiger partial charge in [-0.1, -0.05) is 5.16 Å². The predicted octanol–water partition coefficient (Wildman–Crippen LogP) is 1.35. The summed E-state index contributed by atoms with van der Waals surface area (Å²) in [5, 5.41) is 6.35. The van der Waals surface area contributed by atoms with Gasteiger partial charge in [0.05, 0.1) is 11.9 Å². The molecule has 0 aliphatic rings. The van der Waals surface area contributed by atoms with E-state index in [1.54, 1.807) is 19.1 Å². The number of nitrogens with one attached hydrogen (secondary N) is 1. The van der Waals surface area contributed by atoms with Gasteiger partial charge in [0, 0.05) is 12.8 Å². The van der Waals surface area contributed by atoms with Gasteiger partial charge in [0.25, 0.3) is 0 Å². The van der Waals surface area contributed by atoms with Crippen molar-refractivity contribution in [3.8, 4) is 0 Å². The number of amides is 1. The van der Waals surface area contributed by atoms with Crippen molar-refractivity contribution < 1.29 is 9.32 Å². The Morgan fingerprint density at radius 1 is 1.47 bits per heavy atom. The third kappa shape index (κ3) is 4.55. The molecule has 102 valence electrons. The molecule has 0 fully saturated rings. The summed E-state index contributed by atoms with van der Waals surface area (Å²) in [6.45, 7) is 1.73. The highest BCUT2D eigenvalue weighted by atomic mass is 35.5. The van der Waals surface area contributed by atoms with Crippen LogP contribution >= 0.6 is 12.4 Å². The molecule has 1 amide bonds. The number of aryl methyl sites for hydroxylation is 2. The first kappa shape index (κ1) is 14.9. The van der Waals surface area contributed by atoms with Gasteiger partial charge in [-0.25, -0.2) is 4.98 Å². The minimum Gasteiger partial charge on any atom is -0.384 e. The highest BCUT2D eigenvalue weighted by Gasteiger charge is 2.07. The fourth-order valence-corrected chi connectivity index (χ4v) is 1.36. The minimum absolute atomic E-state index is 0. The summed E-state index contributed by atoms with van der Waals surface area (Å²) >= 11 is 0. The van der Waals surface area contributed by atoms with Gasteiger partial charge in [0.15, 0.2) is 5.82 Å². The molecule has 0 radical (unpaired) electrons. The standard InChI is InChI=1S/C11H13N5O2.ClH/c1-7-14-11(18-16-7)5-4-10(17)15-8-2-3-9(12)13-6-8;/h2-3,6H,4-5H2,1H3,(H2,12,13)(H,15,17);1H. The Kier molecular flexibility index (Phi) is 5.25. The molecule has 3 N–H and O–H groups in total. The Labute approximate surface area is 116 Å². The van der Waals surface area contributed by atoms with Crippen LogP contribution in [0.25, 0.3) is 0 Å².